The van der Waals surface area contributed by atoms with Crippen LogP contribution in [0.4, 0.5) is 0 Å². The second kappa shape index (κ2) is 6.53. The van der Waals surface area contributed by atoms with E-state index in [2.05, 4.69) is 13.2 Å². The molecule has 3 unspecified atom stereocenters. The lowest BCUT2D eigenvalue weighted by Crippen LogP contribution is -2.32. The highest BCUT2D eigenvalue weighted by Gasteiger charge is 2.32. The molecule has 0 radical (unpaired) electrons. The summed E-state index contributed by atoms with van der Waals surface area (Å²) in [5.41, 5.74) is -0.398. The van der Waals surface area contributed by atoms with E-state index in [1.807, 2.05) is 20.8 Å². The van der Waals surface area contributed by atoms with Gasteiger partial charge in [-0.15, -0.1) is 13.2 Å². The highest BCUT2D eigenvalue weighted by Crippen LogP contribution is 2.29. The van der Waals surface area contributed by atoms with Crippen molar-refractivity contribution in [3.05, 3.63) is 25.3 Å². The normalized spacial score (nSPS) is 16.3. The second-order valence-corrected chi connectivity index (χ2v) is 5.37. The van der Waals surface area contributed by atoms with Gasteiger partial charge in [0.15, 0.2) is 0 Å². The highest BCUT2D eigenvalue weighted by molar-refractivity contribution is 5.88. The van der Waals surface area contributed by atoms with Gasteiger partial charge in [0, 0.05) is 0 Å². The van der Waals surface area contributed by atoms with Crippen LogP contribution in [0.2, 0.25) is 0 Å². The molecule has 0 aliphatic heterocycles. The van der Waals surface area contributed by atoms with Crippen molar-refractivity contribution in [2.45, 2.75) is 34.6 Å². The Morgan fingerprint density at radius 2 is 1.61 bits per heavy atom. The summed E-state index contributed by atoms with van der Waals surface area (Å²) in [5.74, 6) is -1.81. The van der Waals surface area contributed by atoms with Crippen molar-refractivity contribution in [2.24, 2.45) is 23.2 Å². The molecule has 0 spiro atoms. The maximum atomic E-state index is 11.9. The number of carbonyl (C=O) groups is 2. The third kappa shape index (κ3) is 4.13. The summed E-state index contributed by atoms with van der Waals surface area (Å²) in [6.45, 7) is 16.4. The van der Waals surface area contributed by atoms with E-state index >= 15 is 0 Å². The van der Waals surface area contributed by atoms with Crippen LogP contribution in [0.25, 0.3) is 0 Å². The van der Waals surface area contributed by atoms with Crippen molar-refractivity contribution in [1.82, 2.24) is 0 Å². The molecule has 102 valence electrons. The Kier molecular flexibility index (Phi) is 6.02. The topological polar surface area (TPSA) is 43.4 Å². The number of hydrogen-bond donors (Lipinski definition) is 0. The molecule has 18 heavy (non-hydrogen) atoms. The van der Waals surface area contributed by atoms with E-state index < -0.39 is 23.3 Å². The molecule has 3 atom stereocenters. The summed E-state index contributed by atoms with van der Waals surface area (Å²) in [6, 6.07) is 0. The van der Waals surface area contributed by atoms with Crippen LogP contribution in [0.1, 0.15) is 34.6 Å². The van der Waals surface area contributed by atoms with E-state index in [4.69, 9.17) is 4.74 Å². The number of rotatable bonds is 6. The molecule has 0 aromatic rings. The minimum Gasteiger partial charge on any atom is -0.393 e. The van der Waals surface area contributed by atoms with Gasteiger partial charge in [0.2, 0.25) is 0 Å². The summed E-state index contributed by atoms with van der Waals surface area (Å²) in [6.07, 6.45) is 3.37. The van der Waals surface area contributed by atoms with E-state index in [-0.39, 0.29) is 11.8 Å². The van der Waals surface area contributed by atoms with Crippen molar-refractivity contribution < 1.29 is 14.3 Å². The fraction of sp³-hybridized carbons (Fsp3) is 0.600. The molecule has 0 N–H and O–H groups in total. The molecular formula is C15H24O3. The van der Waals surface area contributed by atoms with Gasteiger partial charge in [-0.25, -0.2) is 0 Å². The molecular weight excluding hydrogens is 228 g/mol. The van der Waals surface area contributed by atoms with Crippen LogP contribution in [0.5, 0.6) is 0 Å². The number of hydrogen-bond acceptors (Lipinski definition) is 3. The van der Waals surface area contributed by atoms with Gasteiger partial charge >= 0.3 is 11.9 Å². The maximum Gasteiger partial charge on any atom is 0.317 e. The van der Waals surface area contributed by atoms with Crippen LogP contribution in [-0.4, -0.2) is 11.9 Å². The molecule has 0 bridgehead atoms. The maximum absolute atomic E-state index is 11.9. The van der Waals surface area contributed by atoms with Crippen molar-refractivity contribution in [3.8, 4) is 0 Å². The predicted molar refractivity (Wildman–Crippen MR) is 72.8 cm³/mol. The Bertz CT molecular complexity index is 342. The van der Waals surface area contributed by atoms with Crippen LogP contribution in [-0.2, 0) is 14.3 Å². The van der Waals surface area contributed by atoms with E-state index in [1.165, 1.54) is 0 Å². The number of ether oxygens (including phenoxy) is 1. The summed E-state index contributed by atoms with van der Waals surface area (Å²) in [5, 5.41) is 0. The number of carbonyl (C=O) groups excluding carboxylic acids is 2. The monoisotopic (exact) mass is 252 g/mol. The lowest BCUT2D eigenvalue weighted by molar-refractivity contribution is -0.167. The van der Waals surface area contributed by atoms with Gasteiger partial charge in [-0.3, -0.25) is 9.59 Å². The fourth-order valence-corrected chi connectivity index (χ4v) is 1.18. The molecule has 0 saturated carbocycles. The lowest BCUT2D eigenvalue weighted by Gasteiger charge is -2.26. The molecule has 0 aliphatic rings. The molecule has 0 aromatic heterocycles. The average molecular weight is 252 g/mol. The fourth-order valence-electron chi connectivity index (χ4n) is 1.18. The van der Waals surface area contributed by atoms with Crippen LogP contribution in [0, 0.1) is 23.2 Å². The Balaban J connectivity index is 4.63. The lowest BCUT2D eigenvalue weighted by atomic mass is 9.80. The predicted octanol–water partition coefficient (Wildman–Crippen LogP) is 3.36. The number of esters is 2. The zero-order chi connectivity index (χ0) is 14.5. The molecule has 3 nitrogen and oxygen atoms in total. The van der Waals surface area contributed by atoms with Crippen LogP contribution in [0.3, 0.4) is 0 Å². The SMILES string of the molecule is C=CC(C)C(C)C(=O)OC(=O)C(C)C(C)(C)C=C. The summed E-state index contributed by atoms with van der Waals surface area (Å²) in [7, 11) is 0. The van der Waals surface area contributed by atoms with Crippen LogP contribution >= 0.6 is 0 Å². The summed E-state index contributed by atoms with van der Waals surface area (Å²) < 4.78 is 4.91. The van der Waals surface area contributed by atoms with Crippen molar-refractivity contribution in [2.75, 3.05) is 0 Å². The van der Waals surface area contributed by atoms with Gasteiger partial charge in [0.1, 0.15) is 0 Å². The summed E-state index contributed by atoms with van der Waals surface area (Å²) in [4.78, 5) is 23.6. The molecule has 0 amide bonds. The van der Waals surface area contributed by atoms with E-state index in [0.717, 1.165) is 0 Å². The Labute approximate surface area is 110 Å². The first-order valence-electron chi connectivity index (χ1n) is 6.19. The van der Waals surface area contributed by atoms with E-state index in [9.17, 15) is 9.59 Å². The van der Waals surface area contributed by atoms with Crippen LogP contribution < -0.4 is 0 Å². The zero-order valence-corrected chi connectivity index (χ0v) is 12.0. The molecule has 0 aliphatic carbocycles. The van der Waals surface area contributed by atoms with E-state index in [0.29, 0.717) is 0 Å². The van der Waals surface area contributed by atoms with Gasteiger partial charge in [-0.2, -0.15) is 0 Å². The first kappa shape index (κ1) is 16.6. The smallest absolute Gasteiger partial charge is 0.317 e. The molecule has 0 saturated heterocycles. The number of allylic oxidation sites excluding steroid dienone is 2. The van der Waals surface area contributed by atoms with Gasteiger partial charge in [0.25, 0.3) is 0 Å². The van der Waals surface area contributed by atoms with E-state index in [1.54, 1.807) is 26.0 Å². The third-order valence-electron chi connectivity index (χ3n) is 3.73. The average Bonchev–Trinajstić information content (AvgIpc) is 2.35. The Morgan fingerprint density at radius 3 is 2.00 bits per heavy atom. The molecule has 0 fully saturated rings. The minimum atomic E-state index is -0.506. The Morgan fingerprint density at radius 1 is 1.11 bits per heavy atom. The van der Waals surface area contributed by atoms with Gasteiger partial charge in [-0.05, 0) is 11.3 Å². The molecule has 0 heterocycles. The van der Waals surface area contributed by atoms with Gasteiger partial charge in [-0.1, -0.05) is 46.8 Å². The second-order valence-electron chi connectivity index (χ2n) is 5.37. The largest absolute Gasteiger partial charge is 0.393 e. The zero-order valence-electron chi connectivity index (χ0n) is 12.0. The Hall–Kier alpha value is -1.38. The highest BCUT2D eigenvalue weighted by atomic mass is 16.6. The summed E-state index contributed by atoms with van der Waals surface area (Å²) >= 11 is 0. The van der Waals surface area contributed by atoms with Crippen molar-refractivity contribution in [3.63, 3.8) is 0 Å². The molecule has 0 aromatic carbocycles. The minimum absolute atomic E-state index is 0.0204. The van der Waals surface area contributed by atoms with Gasteiger partial charge in [0.05, 0.1) is 11.8 Å². The molecule has 3 heteroatoms. The first-order chi connectivity index (χ1) is 8.17. The van der Waals surface area contributed by atoms with Gasteiger partial charge < -0.3 is 4.74 Å². The quantitative estimate of drug-likeness (QED) is 0.413. The van der Waals surface area contributed by atoms with Crippen LogP contribution in [0.15, 0.2) is 25.3 Å². The van der Waals surface area contributed by atoms with Crippen molar-refractivity contribution >= 4 is 11.9 Å². The van der Waals surface area contributed by atoms with Crippen molar-refractivity contribution in [1.29, 1.82) is 0 Å². The third-order valence-corrected chi connectivity index (χ3v) is 3.73. The first-order valence-corrected chi connectivity index (χ1v) is 6.19. The standard InChI is InChI=1S/C15H24O3/c1-8-10(3)11(4)13(16)18-14(17)12(5)15(6,7)9-2/h8-12H,1-2H2,3-7H3. The molecule has 0 rings (SSSR count).